The van der Waals surface area contributed by atoms with E-state index in [-0.39, 0.29) is 11.7 Å². The summed E-state index contributed by atoms with van der Waals surface area (Å²) in [4.78, 5) is 24.3. The van der Waals surface area contributed by atoms with Crippen LogP contribution in [0.25, 0.3) is 0 Å². The lowest BCUT2D eigenvalue weighted by atomic mass is 10.1. The second-order valence-electron chi connectivity index (χ2n) is 4.65. The fourth-order valence-corrected chi connectivity index (χ4v) is 2.19. The molecule has 5 heteroatoms. The molecular formula is C17H16ClNO3. The molecule has 0 unspecified atom stereocenters. The van der Waals surface area contributed by atoms with Gasteiger partial charge in [-0.2, -0.15) is 0 Å². The third kappa shape index (κ3) is 3.65. The molecule has 114 valence electrons. The summed E-state index contributed by atoms with van der Waals surface area (Å²) in [5, 5.41) is 3.23. The lowest BCUT2D eigenvalue weighted by molar-refractivity contribution is 0.0988. The molecule has 2 rings (SSSR count). The Labute approximate surface area is 134 Å². The Kier molecular flexibility index (Phi) is 5.17. The number of Topliss-reactive ketones (excluding diaryl/α,β-unsaturated/α-hetero) is 1. The second-order valence-corrected chi connectivity index (χ2v) is 5.09. The van der Waals surface area contributed by atoms with Crippen molar-refractivity contribution in [3.05, 3.63) is 58.6 Å². The summed E-state index contributed by atoms with van der Waals surface area (Å²) in [5.74, 6) is 0.177. The summed E-state index contributed by atoms with van der Waals surface area (Å²) in [7, 11) is 1.53. The number of carbonyl (C=O) groups excluding carboxylic acids is 2. The number of ketones is 1. The zero-order valence-corrected chi connectivity index (χ0v) is 13.1. The van der Waals surface area contributed by atoms with Crippen LogP contribution in [0.4, 0.5) is 5.69 Å². The average molecular weight is 318 g/mol. The van der Waals surface area contributed by atoms with Crippen molar-refractivity contribution in [3.63, 3.8) is 0 Å². The molecule has 0 aromatic heterocycles. The number of nitrogens with one attached hydrogen (secondary N) is 1. The van der Waals surface area contributed by atoms with E-state index in [4.69, 9.17) is 16.3 Å². The van der Waals surface area contributed by atoms with Crippen LogP contribution in [0.3, 0.4) is 0 Å². The number of carbonyl (C=O) groups is 2. The van der Waals surface area contributed by atoms with Gasteiger partial charge in [0.05, 0.1) is 12.8 Å². The minimum Gasteiger partial charge on any atom is -0.497 e. The fourth-order valence-electron chi connectivity index (χ4n) is 2.00. The SMILES string of the molecule is CCC(=O)c1cc(OC)ccc1NC(=O)c1cccc(Cl)c1. The lowest BCUT2D eigenvalue weighted by Crippen LogP contribution is -2.14. The van der Waals surface area contributed by atoms with Crippen LogP contribution in [0, 0.1) is 0 Å². The maximum absolute atomic E-state index is 12.3. The number of methoxy groups -OCH3 is 1. The zero-order chi connectivity index (χ0) is 16.1. The Balaban J connectivity index is 2.32. The number of benzene rings is 2. The summed E-state index contributed by atoms with van der Waals surface area (Å²) in [6.45, 7) is 1.77. The smallest absolute Gasteiger partial charge is 0.255 e. The molecule has 4 nitrogen and oxygen atoms in total. The molecule has 2 aromatic carbocycles. The molecule has 0 saturated heterocycles. The van der Waals surface area contributed by atoms with Crippen molar-refractivity contribution in [1.29, 1.82) is 0 Å². The number of amides is 1. The van der Waals surface area contributed by atoms with Crippen molar-refractivity contribution in [1.82, 2.24) is 0 Å². The van der Waals surface area contributed by atoms with Crippen LogP contribution in [0.2, 0.25) is 5.02 Å². The summed E-state index contributed by atoms with van der Waals surface area (Å²) in [5.41, 5.74) is 1.31. The minimum absolute atomic E-state index is 0.0692. The third-order valence-electron chi connectivity index (χ3n) is 3.18. The topological polar surface area (TPSA) is 55.4 Å². The highest BCUT2D eigenvalue weighted by molar-refractivity contribution is 6.31. The Hall–Kier alpha value is -2.33. The highest BCUT2D eigenvalue weighted by Crippen LogP contribution is 2.24. The molecule has 22 heavy (non-hydrogen) atoms. The first-order chi connectivity index (χ1) is 10.5. The van der Waals surface area contributed by atoms with Gasteiger partial charge in [-0.3, -0.25) is 9.59 Å². The molecule has 0 heterocycles. The molecule has 0 spiro atoms. The highest BCUT2D eigenvalue weighted by atomic mass is 35.5. The van der Waals surface area contributed by atoms with Gasteiger partial charge in [-0.05, 0) is 36.4 Å². The van der Waals surface area contributed by atoms with E-state index in [2.05, 4.69) is 5.32 Å². The van der Waals surface area contributed by atoms with E-state index < -0.39 is 0 Å². The van der Waals surface area contributed by atoms with Gasteiger partial charge in [0.15, 0.2) is 5.78 Å². The minimum atomic E-state index is -0.321. The van der Waals surface area contributed by atoms with Crippen molar-refractivity contribution >= 4 is 29.0 Å². The monoisotopic (exact) mass is 317 g/mol. The first-order valence-corrected chi connectivity index (χ1v) is 7.21. The van der Waals surface area contributed by atoms with Crippen LogP contribution < -0.4 is 10.1 Å². The van der Waals surface area contributed by atoms with E-state index in [0.717, 1.165) is 0 Å². The Morgan fingerprint density at radius 3 is 2.59 bits per heavy atom. The molecule has 0 aliphatic heterocycles. The lowest BCUT2D eigenvalue weighted by Gasteiger charge is -2.12. The summed E-state index contributed by atoms with van der Waals surface area (Å²) < 4.78 is 5.13. The van der Waals surface area contributed by atoms with Crippen molar-refractivity contribution in [2.75, 3.05) is 12.4 Å². The van der Waals surface area contributed by atoms with Crippen LogP contribution in [0.15, 0.2) is 42.5 Å². The zero-order valence-electron chi connectivity index (χ0n) is 12.4. The molecular weight excluding hydrogens is 302 g/mol. The van der Waals surface area contributed by atoms with E-state index >= 15 is 0 Å². The van der Waals surface area contributed by atoms with Crippen LogP contribution in [0.5, 0.6) is 5.75 Å². The van der Waals surface area contributed by atoms with Crippen LogP contribution in [-0.4, -0.2) is 18.8 Å². The predicted molar refractivity (Wildman–Crippen MR) is 87.0 cm³/mol. The van der Waals surface area contributed by atoms with Crippen molar-refractivity contribution < 1.29 is 14.3 Å². The molecule has 0 atom stereocenters. The molecule has 0 aliphatic rings. The second kappa shape index (κ2) is 7.09. The molecule has 0 bridgehead atoms. The van der Waals surface area contributed by atoms with Crippen LogP contribution >= 0.6 is 11.6 Å². The molecule has 0 radical (unpaired) electrons. The number of halogens is 1. The molecule has 0 aliphatic carbocycles. The van der Waals surface area contributed by atoms with E-state index in [1.54, 1.807) is 49.4 Å². The fraction of sp³-hybridized carbons (Fsp3) is 0.176. The molecule has 1 N–H and O–H groups in total. The van der Waals surface area contributed by atoms with E-state index in [9.17, 15) is 9.59 Å². The normalized spacial score (nSPS) is 10.1. The van der Waals surface area contributed by atoms with Crippen molar-refractivity contribution in [2.45, 2.75) is 13.3 Å². The van der Waals surface area contributed by atoms with Gasteiger partial charge in [0, 0.05) is 22.6 Å². The predicted octanol–water partition coefficient (Wildman–Crippen LogP) is 4.19. The van der Waals surface area contributed by atoms with Gasteiger partial charge in [-0.1, -0.05) is 24.6 Å². The van der Waals surface area contributed by atoms with Gasteiger partial charge in [-0.15, -0.1) is 0 Å². The maximum Gasteiger partial charge on any atom is 0.255 e. The summed E-state index contributed by atoms with van der Waals surface area (Å²) in [6.07, 6.45) is 0.340. The quantitative estimate of drug-likeness (QED) is 0.841. The largest absolute Gasteiger partial charge is 0.497 e. The number of anilines is 1. The van der Waals surface area contributed by atoms with E-state index in [0.29, 0.717) is 34.0 Å². The maximum atomic E-state index is 12.3. The number of ether oxygens (including phenoxy) is 1. The molecule has 1 amide bonds. The summed E-state index contributed by atoms with van der Waals surface area (Å²) in [6, 6.07) is 11.6. The highest BCUT2D eigenvalue weighted by Gasteiger charge is 2.14. The van der Waals surface area contributed by atoms with Crippen molar-refractivity contribution in [2.24, 2.45) is 0 Å². The Bertz CT molecular complexity index is 713. The molecule has 0 saturated carbocycles. The van der Waals surface area contributed by atoms with Crippen LogP contribution in [-0.2, 0) is 0 Å². The first-order valence-electron chi connectivity index (χ1n) is 6.83. The number of hydrogen-bond acceptors (Lipinski definition) is 3. The van der Waals surface area contributed by atoms with Gasteiger partial charge < -0.3 is 10.1 Å². The van der Waals surface area contributed by atoms with Gasteiger partial charge in [0.2, 0.25) is 0 Å². The van der Waals surface area contributed by atoms with Gasteiger partial charge >= 0.3 is 0 Å². The van der Waals surface area contributed by atoms with Crippen LogP contribution in [0.1, 0.15) is 34.1 Å². The molecule has 0 fully saturated rings. The van der Waals surface area contributed by atoms with Crippen molar-refractivity contribution in [3.8, 4) is 5.75 Å². The molecule has 2 aromatic rings. The van der Waals surface area contributed by atoms with Gasteiger partial charge in [0.25, 0.3) is 5.91 Å². The number of rotatable bonds is 5. The van der Waals surface area contributed by atoms with Gasteiger partial charge in [0.1, 0.15) is 5.75 Å². The van der Waals surface area contributed by atoms with Gasteiger partial charge in [-0.25, -0.2) is 0 Å². The number of hydrogen-bond donors (Lipinski definition) is 1. The van der Waals surface area contributed by atoms with E-state index in [1.165, 1.54) is 7.11 Å². The standard InChI is InChI=1S/C17H16ClNO3/c1-3-16(20)14-10-13(22-2)7-8-15(14)19-17(21)11-5-4-6-12(18)9-11/h4-10H,3H2,1-2H3,(H,19,21). The van der Waals surface area contributed by atoms with E-state index in [1.807, 2.05) is 0 Å². The first kappa shape index (κ1) is 16.0. The average Bonchev–Trinajstić information content (AvgIpc) is 2.54. The third-order valence-corrected chi connectivity index (χ3v) is 3.42. The Morgan fingerprint density at radius 2 is 1.95 bits per heavy atom. The Morgan fingerprint density at radius 1 is 1.18 bits per heavy atom. The summed E-state index contributed by atoms with van der Waals surface area (Å²) >= 11 is 5.89.